The average Bonchev–Trinajstić information content (AvgIpc) is 3.49. The van der Waals surface area contributed by atoms with Crippen LogP contribution in [0.25, 0.3) is 0 Å². The Kier molecular flexibility index (Phi) is 11.5. The van der Waals surface area contributed by atoms with Crippen LogP contribution in [0.1, 0.15) is 138 Å². The fourth-order valence-electron chi connectivity index (χ4n) is 15.7. The van der Waals surface area contributed by atoms with Crippen molar-refractivity contribution in [3.8, 4) is 0 Å². The normalized spacial score (nSPS) is 42.4. The molecule has 1 heterocycles. The number of fused-ring (bicyclic) bond motifs is 7. The predicted octanol–water partition coefficient (Wildman–Crippen LogP) is 9.69. The van der Waals surface area contributed by atoms with E-state index in [-0.39, 0.29) is 50.9 Å². The fraction of sp³-hybridized carbons (Fsp3) is 0.833. The number of aliphatic carboxylic acids is 1. The van der Waals surface area contributed by atoms with Gasteiger partial charge in [0.2, 0.25) is 5.91 Å². The number of hydrogen-bond donors (Lipinski definition) is 1. The summed E-state index contributed by atoms with van der Waals surface area (Å²) in [5.74, 6) is 2.57. The van der Waals surface area contributed by atoms with E-state index < -0.39 is 27.9 Å². The van der Waals surface area contributed by atoms with Crippen LogP contribution >= 0.6 is 0 Å². The summed E-state index contributed by atoms with van der Waals surface area (Å²) < 4.78 is 38.1. The van der Waals surface area contributed by atoms with E-state index in [1.54, 1.807) is 6.92 Å². The highest BCUT2D eigenvalue weighted by Crippen LogP contribution is 2.77. The molecule has 4 saturated carbocycles. The quantitative estimate of drug-likeness (QED) is 0.209. The third-order valence-corrected chi connectivity index (χ3v) is 20.5. The Hall–Kier alpha value is -2.00. The fourth-order valence-corrected chi connectivity index (χ4v) is 17.0. The lowest BCUT2D eigenvalue weighted by molar-refractivity contribution is -0.229. The molecular formula is C48H75FN2O5S. The predicted molar refractivity (Wildman–Crippen MR) is 227 cm³/mol. The van der Waals surface area contributed by atoms with Crippen LogP contribution in [0.4, 0.5) is 4.39 Å². The maximum absolute atomic E-state index is 14.0. The van der Waals surface area contributed by atoms with Gasteiger partial charge in [-0.25, -0.2) is 12.8 Å². The van der Waals surface area contributed by atoms with Crippen LogP contribution < -0.4 is 0 Å². The highest BCUT2D eigenvalue weighted by atomic mass is 32.2. The minimum atomic E-state index is -2.91. The van der Waals surface area contributed by atoms with Crippen molar-refractivity contribution in [3.63, 3.8) is 0 Å². The van der Waals surface area contributed by atoms with E-state index in [1.165, 1.54) is 68.1 Å². The lowest BCUT2D eigenvalue weighted by atomic mass is 9.32. The Morgan fingerprint density at radius 3 is 2.25 bits per heavy atom. The molecule has 320 valence electrons. The number of amides is 1. The summed E-state index contributed by atoms with van der Waals surface area (Å²) in [6.45, 7) is 24.1. The topological polar surface area (TPSA) is 95.0 Å². The van der Waals surface area contributed by atoms with Crippen molar-refractivity contribution in [2.75, 3.05) is 50.9 Å². The van der Waals surface area contributed by atoms with Gasteiger partial charge in [-0.2, -0.15) is 0 Å². The monoisotopic (exact) mass is 811 g/mol. The minimum absolute atomic E-state index is 0.0432. The summed E-state index contributed by atoms with van der Waals surface area (Å²) in [5.41, 5.74) is 3.31. The highest BCUT2D eigenvalue weighted by molar-refractivity contribution is 7.91. The molecule has 0 aromatic carbocycles. The third-order valence-electron chi connectivity index (χ3n) is 18.9. The van der Waals surface area contributed by atoms with E-state index in [1.807, 2.05) is 0 Å². The first-order chi connectivity index (χ1) is 26.7. The van der Waals surface area contributed by atoms with Crippen LogP contribution in [-0.2, 0) is 19.4 Å². The zero-order valence-electron chi connectivity index (χ0n) is 36.6. The van der Waals surface area contributed by atoms with Gasteiger partial charge in [0.1, 0.15) is 6.67 Å². The number of carbonyl (C=O) groups is 2. The van der Waals surface area contributed by atoms with Crippen molar-refractivity contribution in [1.82, 2.24) is 9.80 Å². The van der Waals surface area contributed by atoms with Crippen LogP contribution in [0.3, 0.4) is 0 Å². The number of carboxylic acids is 1. The molecule has 0 radical (unpaired) electrons. The molecule has 10 atom stereocenters. The summed E-state index contributed by atoms with van der Waals surface area (Å²) in [6, 6.07) is 0. The first kappa shape index (κ1) is 43.1. The summed E-state index contributed by atoms with van der Waals surface area (Å²) in [7, 11) is -2.91. The maximum Gasteiger partial charge on any atom is 0.312 e. The molecular weight excluding hydrogens is 736 g/mol. The van der Waals surface area contributed by atoms with E-state index in [4.69, 9.17) is 0 Å². The zero-order valence-corrected chi connectivity index (χ0v) is 37.4. The molecule has 1 N–H and O–H groups in total. The number of carbonyl (C=O) groups excluding carboxylic acids is 1. The molecule has 0 aromatic heterocycles. The summed E-state index contributed by atoms with van der Waals surface area (Å²) in [5, 5.41) is 9.86. The van der Waals surface area contributed by atoms with E-state index in [0.717, 1.165) is 38.9 Å². The largest absolute Gasteiger partial charge is 0.481 e. The van der Waals surface area contributed by atoms with Gasteiger partial charge in [-0.1, -0.05) is 52.3 Å². The number of rotatable bonds is 11. The van der Waals surface area contributed by atoms with Gasteiger partial charge in [0.15, 0.2) is 9.84 Å². The van der Waals surface area contributed by atoms with E-state index >= 15 is 0 Å². The molecule has 7 nitrogen and oxygen atoms in total. The molecule has 1 saturated heterocycles. The molecule has 7 rings (SSSR count). The summed E-state index contributed by atoms with van der Waals surface area (Å²) in [6.07, 6.45) is 18.6. The molecule has 57 heavy (non-hydrogen) atoms. The molecule has 0 bridgehead atoms. The Bertz CT molecular complexity index is 1770. The molecule has 6 aliphatic carbocycles. The molecule has 1 amide bonds. The summed E-state index contributed by atoms with van der Waals surface area (Å²) in [4.78, 5) is 29.9. The number of allylic oxidation sites excluding steroid dienone is 5. The van der Waals surface area contributed by atoms with E-state index in [0.29, 0.717) is 55.5 Å². The zero-order chi connectivity index (χ0) is 41.4. The third kappa shape index (κ3) is 7.14. The minimum Gasteiger partial charge on any atom is -0.481 e. The van der Waals surface area contributed by atoms with Gasteiger partial charge >= 0.3 is 5.97 Å². The second kappa shape index (κ2) is 15.2. The number of carboxylic acid groups (broad SMARTS) is 1. The van der Waals surface area contributed by atoms with Gasteiger partial charge < -0.3 is 14.9 Å². The second-order valence-corrected chi connectivity index (χ2v) is 24.3. The average molecular weight is 811 g/mol. The molecule has 0 aromatic rings. The lowest BCUT2D eigenvalue weighted by Gasteiger charge is -2.72. The van der Waals surface area contributed by atoms with Crippen molar-refractivity contribution >= 4 is 21.7 Å². The van der Waals surface area contributed by atoms with Crippen molar-refractivity contribution in [2.45, 2.75) is 138 Å². The number of hydrogen-bond acceptors (Lipinski definition) is 5. The first-order valence-corrected chi connectivity index (χ1v) is 24.5. The van der Waals surface area contributed by atoms with Crippen molar-refractivity contribution in [1.29, 1.82) is 0 Å². The van der Waals surface area contributed by atoms with Gasteiger partial charge in [-0.3, -0.25) is 9.59 Å². The van der Waals surface area contributed by atoms with Crippen molar-refractivity contribution < 1.29 is 27.5 Å². The van der Waals surface area contributed by atoms with Crippen LogP contribution in [-0.4, -0.2) is 86.1 Å². The van der Waals surface area contributed by atoms with E-state index in [2.05, 4.69) is 70.1 Å². The number of sulfone groups is 1. The number of halogens is 1. The molecule has 7 aliphatic rings. The smallest absolute Gasteiger partial charge is 0.312 e. The lowest BCUT2D eigenvalue weighted by Crippen LogP contribution is -2.66. The molecule has 9 heteroatoms. The standard InChI is InChI=1S/C48H75FN2O5S/c1-33(2)30-36-14-21-48(32-51(34(3)52)25-9-24-50-26-28-57(55,56)29-27-50)23-22-45(7)38(41(36)48)10-11-40-44(6)17-15-37(43(4,5)39(44)16-18-46(40,45)8)35-12-19-47(31-49,20-13-35)42(53)54/h12,15,36,38-41H,1,9-11,13-14,16-32H2,2-8H3,(H,53,54). The second-order valence-electron chi connectivity index (χ2n) is 22.0. The van der Waals surface area contributed by atoms with Crippen molar-refractivity contribution in [2.24, 2.45) is 62.1 Å². The maximum atomic E-state index is 14.0. The van der Waals surface area contributed by atoms with Crippen LogP contribution in [0.15, 0.2) is 35.5 Å². The number of nitrogens with zero attached hydrogens (tertiary/aromatic N) is 2. The van der Waals surface area contributed by atoms with Gasteiger partial charge in [-0.15, -0.1) is 6.58 Å². The highest BCUT2D eigenvalue weighted by Gasteiger charge is 2.70. The van der Waals surface area contributed by atoms with Gasteiger partial charge in [-0.05, 0) is 171 Å². The Balaban J connectivity index is 1.13. The van der Waals surface area contributed by atoms with Crippen molar-refractivity contribution in [3.05, 3.63) is 35.5 Å². The van der Waals surface area contributed by atoms with Crippen LogP contribution in [0.5, 0.6) is 0 Å². The first-order valence-electron chi connectivity index (χ1n) is 22.7. The Morgan fingerprint density at radius 2 is 1.63 bits per heavy atom. The molecule has 5 fully saturated rings. The molecule has 10 unspecified atom stereocenters. The molecule has 1 aliphatic heterocycles. The van der Waals surface area contributed by atoms with Gasteiger partial charge in [0.05, 0.1) is 16.9 Å². The van der Waals surface area contributed by atoms with Crippen LogP contribution in [0.2, 0.25) is 0 Å². The summed E-state index contributed by atoms with van der Waals surface area (Å²) >= 11 is 0. The van der Waals surface area contributed by atoms with Gasteiger partial charge in [0.25, 0.3) is 0 Å². The Morgan fingerprint density at radius 1 is 0.912 bits per heavy atom. The Labute approximate surface area is 344 Å². The SMILES string of the molecule is C=C(C)CC1CCC2(CN(CCCN3CCS(=O)(=O)CC3)C(C)=O)CCC3(C)C(CCC4C5(C)CC=C(C6=CCC(CF)(C(=O)O)CC6)C(C)(C)C5CCC43C)C12. The van der Waals surface area contributed by atoms with E-state index in [9.17, 15) is 27.5 Å². The molecule has 0 spiro atoms. The van der Waals surface area contributed by atoms with Crippen LogP contribution in [0, 0.1) is 62.1 Å². The number of alkyl halides is 1. The van der Waals surface area contributed by atoms with Gasteiger partial charge in [0, 0.05) is 33.1 Å².